The van der Waals surface area contributed by atoms with Crippen LogP contribution in [-0.2, 0) is 22.7 Å². The van der Waals surface area contributed by atoms with Gasteiger partial charge in [0.2, 0.25) is 5.95 Å². The molecule has 0 saturated carbocycles. The molecule has 2 N–H and O–H groups in total. The number of anilines is 2. The summed E-state index contributed by atoms with van der Waals surface area (Å²) in [6.07, 6.45) is 0.135. The molecule has 43 heavy (non-hydrogen) atoms. The maximum Gasteiger partial charge on any atom is 0.412 e. The molecule has 4 aromatic rings. The van der Waals surface area contributed by atoms with Gasteiger partial charge in [0, 0.05) is 45.9 Å². The molecular weight excluding hydrogens is 578 g/mol. The minimum atomic E-state index is -0.777. The first-order valence-corrected chi connectivity index (χ1v) is 14.5. The zero-order valence-corrected chi connectivity index (χ0v) is 25.1. The van der Waals surface area contributed by atoms with E-state index in [2.05, 4.69) is 21.4 Å². The number of thiophene rings is 1. The van der Waals surface area contributed by atoms with Crippen molar-refractivity contribution in [2.75, 3.05) is 37.4 Å². The van der Waals surface area contributed by atoms with E-state index < -0.39 is 29.4 Å². The summed E-state index contributed by atoms with van der Waals surface area (Å²) in [4.78, 5) is 25.3. The van der Waals surface area contributed by atoms with Crippen molar-refractivity contribution in [3.05, 3.63) is 46.7 Å². The number of fused-ring (bicyclic) bond motifs is 4. The number of nitrogens with zero attached hydrogens (tertiary/aromatic N) is 5. The largest absolute Gasteiger partial charge is 0.444 e. The Morgan fingerprint density at radius 2 is 1.98 bits per heavy atom. The van der Waals surface area contributed by atoms with Gasteiger partial charge in [0.05, 0.1) is 30.9 Å². The van der Waals surface area contributed by atoms with E-state index in [0.717, 1.165) is 11.3 Å². The van der Waals surface area contributed by atoms with Gasteiger partial charge in [-0.25, -0.2) is 23.5 Å². The van der Waals surface area contributed by atoms with E-state index in [4.69, 9.17) is 9.47 Å². The molecule has 0 unspecified atom stereocenters. The average Bonchev–Trinajstić information content (AvgIpc) is 3.65. The summed E-state index contributed by atoms with van der Waals surface area (Å²) in [7, 11) is 3.74. The fourth-order valence-corrected chi connectivity index (χ4v) is 6.81. The van der Waals surface area contributed by atoms with Crippen molar-refractivity contribution in [1.82, 2.24) is 14.9 Å². The van der Waals surface area contributed by atoms with Crippen LogP contribution in [0.25, 0.3) is 32.1 Å². The Kier molecular flexibility index (Phi) is 7.21. The van der Waals surface area contributed by atoms with Crippen LogP contribution in [0, 0.1) is 23.0 Å². The van der Waals surface area contributed by atoms with Gasteiger partial charge >= 0.3 is 6.09 Å². The van der Waals surface area contributed by atoms with Crippen LogP contribution in [0.3, 0.4) is 0 Å². The molecule has 224 valence electrons. The topological polar surface area (TPSA) is 124 Å². The molecule has 2 atom stereocenters. The molecule has 2 aliphatic rings. The van der Waals surface area contributed by atoms with Crippen molar-refractivity contribution < 1.29 is 28.2 Å². The second kappa shape index (κ2) is 10.6. The number of likely N-dealkylation sites (N-methyl/N-ethyl adjacent to an activating group) is 1. The van der Waals surface area contributed by atoms with E-state index >= 15 is 8.78 Å². The van der Waals surface area contributed by atoms with Gasteiger partial charge in [0.25, 0.3) is 0 Å². The summed E-state index contributed by atoms with van der Waals surface area (Å²) in [5.41, 5.74) is 0.157. The molecule has 0 aliphatic carbocycles. The summed E-state index contributed by atoms with van der Waals surface area (Å²) in [5.74, 6) is -1.26. The lowest BCUT2D eigenvalue weighted by atomic mass is 9.90. The number of aliphatic hydroxyl groups excluding tert-OH is 1. The number of benzene rings is 2. The maximum atomic E-state index is 16.7. The minimum absolute atomic E-state index is 0.00307. The number of ether oxygens (including phenoxy) is 2. The predicted molar refractivity (Wildman–Crippen MR) is 159 cm³/mol. The number of halogens is 2. The number of nitrogens with one attached hydrogen (secondary N) is 1. The van der Waals surface area contributed by atoms with E-state index in [-0.39, 0.29) is 64.3 Å². The van der Waals surface area contributed by atoms with Crippen molar-refractivity contribution in [1.29, 1.82) is 5.26 Å². The second-order valence-corrected chi connectivity index (χ2v) is 13.0. The van der Waals surface area contributed by atoms with E-state index in [1.807, 2.05) is 19.0 Å². The molecule has 10 nitrogen and oxygen atoms in total. The smallest absolute Gasteiger partial charge is 0.412 e. The van der Waals surface area contributed by atoms with Crippen molar-refractivity contribution in [3.63, 3.8) is 0 Å². The van der Waals surface area contributed by atoms with Crippen LogP contribution < -0.4 is 10.2 Å². The van der Waals surface area contributed by atoms with Crippen LogP contribution in [0.15, 0.2) is 18.3 Å². The number of carbonyl (C=O) groups is 1. The van der Waals surface area contributed by atoms with Gasteiger partial charge in [0.1, 0.15) is 28.0 Å². The number of aliphatic hydroxyl groups is 1. The van der Waals surface area contributed by atoms with Crippen LogP contribution in [0.4, 0.5) is 24.5 Å². The SMILES string of the molecule is CN(C)[C@@H]1CN(c2ncc3c4c(c(-c5c(F)ccc6sc(NC(=O)OC(C)(C)C)c(C#N)c56)c(F)c3n2)COC4)C[C@H]1O. The van der Waals surface area contributed by atoms with E-state index in [9.17, 15) is 15.2 Å². The fraction of sp³-hybridized carbons (Fsp3) is 0.400. The molecule has 6 rings (SSSR count). The number of nitriles is 1. The molecule has 2 aliphatic heterocycles. The van der Waals surface area contributed by atoms with Gasteiger partial charge < -0.3 is 24.4 Å². The van der Waals surface area contributed by atoms with Crippen molar-refractivity contribution in [2.45, 2.75) is 51.7 Å². The monoisotopic (exact) mass is 608 g/mol. The highest BCUT2D eigenvalue weighted by atomic mass is 32.1. The highest BCUT2D eigenvalue weighted by Crippen LogP contribution is 2.47. The molecule has 13 heteroatoms. The van der Waals surface area contributed by atoms with Gasteiger partial charge in [-0.3, -0.25) is 5.32 Å². The van der Waals surface area contributed by atoms with Gasteiger partial charge in [-0.05, 0) is 58.1 Å². The quantitative estimate of drug-likeness (QED) is 0.324. The van der Waals surface area contributed by atoms with Gasteiger partial charge in [-0.15, -0.1) is 11.3 Å². The Bertz CT molecular complexity index is 1830. The number of β-amino-alcohol motifs (C(OH)–C–C–N with tert-alkyl or cyclic N) is 1. The lowest BCUT2D eigenvalue weighted by molar-refractivity contribution is 0.0636. The number of carbonyl (C=O) groups excluding carboxylic acids is 1. The molecule has 0 spiro atoms. The van der Waals surface area contributed by atoms with Crippen LogP contribution >= 0.6 is 11.3 Å². The molecule has 2 aromatic heterocycles. The van der Waals surface area contributed by atoms with Crippen molar-refractivity contribution in [2.24, 2.45) is 0 Å². The zero-order valence-electron chi connectivity index (χ0n) is 24.3. The third-order valence-corrected chi connectivity index (χ3v) is 8.74. The molecule has 1 saturated heterocycles. The lowest BCUT2D eigenvalue weighted by Crippen LogP contribution is -2.38. The van der Waals surface area contributed by atoms with E-state index in [0.29, 0.717) is 27.8 Å². The number of aromatic nitrogens is 2. The van der Waals surface area contributed by atoms with Crippen LogP contribution in [0.5, 0.6) is 0 Å². The first kappa shape index (κ1) is 29.1. The Morgan fingerprint density at radius 1 is 1.23 bits per heavy atom. The molecule has 1 amide bonds. The predicted octanol–water partition coefficient (Wildman–Crippen LogP) is 5.15. The molecular formula is C30H30F2N6O4S. The normalized spacial score (nSPS) is 18.5. The average molecular weight is 609 g/mol. The number of hydrogen-bond donors (Lipinski definition) is 2. The minimum Gasteiger partial charge on any atom is -0.444 e. The Labute approximate surface area is 250 Å². The maximum absolute atomic E-state index is 16.7. The number of rotatable bonds is 4. The number of hydrogen-bond acceptors (Lipinski definition) is 10. The Balaban J connectivity index is 1.54. The van der Waals surface area contributed by atoms with Crippen LogP contribution in [0.2, 0.25) is 0 Å². The summed E-state index contributed by atoms with van der Waals surface area (Å²) >= 11 is 1.07. The Hall–Kier alpha value is -3.96. The molecule has 0 radical (unpaired) electrons. The summed E-state index contributed by atoms with van der Waals surface area (Å²) < 4.78 is 44.1. The third kappa shape index (κ3) is 5.04. The standard InChI is InChI=1S/C30H30F2N6O4S/c1-30(2,3)42-29(40)36-27-14(8-33)22-21(43-27)7-6-18(31)24(22)23-17-13-41-12-16(17)15-9-34-28(35-26(15)25(23)32)38-10-19(37(4)5)20(39)11-38/h6-7,9,19-20,39H,10-13H2,1-5H3,(H,36,40)/t19-,20-/m1/s1. The molecule has 0 bridgehead atoms. The Morgan fingerprint density at radius 3 is 2.65 bits per heavy atom. The van der Waals surface area contributed by atoms with E-state index in [1.54, 1.807) is 31.9 Å². The molecule has 4 heterocycles. The van der Waals surface area contributed by atoms with Crippen LogP contribution in [0.1, 0.15) is 37.5 Å². The van der Waals surface area contributed by atoms with Crippen molar-refractivity contribution >= 4 is 49.4 Å². The second-order valence-electron chi connectivity index (χ2n) is 11.9. The van der Waals surface area contributed by atoms with Crippen LogP contribution in [-0.4, -0.2) is 71.0 Å². The highest BCUT2D eigenvalue weighted by Gasteiger charge is 2.35. The zero-order chi connectivity index (χ0) is 30.8. The first-order valence-electron chi connectivity index (χ1n) is 13.7. The lowest BCUT2D eigenvalue weighted by Gasteiger charge is -2.21. The van der Waals surface area contributed by atoms with Gasteiger partial charge in [-0.1, -0.05) is 0 Å². The number of amides is 1. The van der Waals surface area contributed by atoms with Gasteiger partial charge in [0.15, 0.2) is 5.82 Å². The third-order valence-electron chi connectivity index (χ3n) is 7.67. The molecule has 2 aromatic carbocycles. The fourth-order valence-electron chi connectivity index (χ4n) is 5.76. The van der Waals surface area contributed by atoms with Gasteiger partial charge in [-0.2, -0.15) is 5.26 Å². The van der Waals surface area contributed by atoms with Crippen molar-refractivity contribution in [3.8, 4) is 17.2 Å². The van der Waals surface area contributed by atoms with E-state index in [1.165, 1.54) is 12.1 Å². The summed E-state index contributed by atoms with van der Waals surface area (Å²) in [5, 5.41) is 24.1. The highest BCUT2D eigenvalue weighted by molar-refractivity contribution is 7.23. The summed E-state index contributed by atoms with van der Waals surface area (Å²) in [6, 6.07) is 4.64. The summed E-state index contributed by atoms with van der Waals surface area (Å²) in [6.45, 7) is 6.05. The first-order chi connectivity index (χ1) is 20.4. The molecule has 1 fully saturated rings.